The number of thioether (sulfide) groups is 1. The largest absolute Gasteiger partial charge is 0.497 e. The predicted molar refractivity (Wildman–Crippen MR) is 133 cm³/mol. The van der Waals surface area contributed by atoms with Crippen molar-refractivity contribution < 1.29 is 23.9 Å². The van der Waals surface area contributed by atoms with Crippen LogP contribution in [0.5, 0.6) is 5.75 Å². The van der Waals surface area contributed by atoms with Gasteiger partial charge < -0.3 is 20.5 Å². The fourth-order valence-corrected chi connectivity index (χ4v) is 5.50. The Morgan fingerprint density at radius 3 is 2.58 bits per heavy atom. The first-order valence-electron chi connectivity index (χ1n) is 11.1. The monoisotopic (exact) mass is 504 g/mol. The number of fused-ring (bicyclic) bond motifs is 1. The molecule has 36 heavy (non-hydrogen) atoms. The third-order valence-electron chi connectivity index (χ3n) is 5.95. The van der Waals surface area contributed by atoms with E-state index in [1.165, 1.54) is 19.1 Å². The molecule has 0 aromatic heterocycles. The summed E-state index contributed by atoms with van der Waals surface area (Å²) in [4.78, 5) is 40.1. The highest BCUT2D eigenvalue weighted by molar-refractivity contribution is 8.04. The van der Waals surface area contributed by atoms with E-state index in [0.717, 1.165) is 17.3 Å². The predicted octanol–water partition coefficient (Wildman–Crippen LogP) is 2.52. The maximum Gasteiger partial charge on any atom is 0.307 e. The van der Waals surface area contributed by atoms with Crippen molar-refractivity contribution in [3.63, 3.8) is 0 Å². The second-order valence-electron chi connectivity index (χ2n) is 8.07. The molecule has 184 valence electrons. The summed E-state index contributed by atoms with van der Waals surface area (Å²) in [6.07, 6.45) is -0.197. The standard InChI is InChI=1S/C26H24N4O5S/c1-34-17-10-6-9-16(11-17)21-18(13-27)23(28)30-25(33)19(12-20(31)35-2)36-26(30)22(21)24(32)29-14-15-7-4-3-5-8-15/h3-11,19,21H,12,14,28H2,1-2H3,(H,29,32)/t19-,21+/m1/s1. The van der Waals surface area contributed by atoms with Crippen LogP contribution in [-0.2, 0) is 25.7 Å². The second kappa shape index (κ2) is 10.6. The third-order valence-corrected chi connectivity index (χ3v) is 7.22. The number of nitriles is 1. The van der Waals surface area contributed by atoms with Gasteiger partial charge in [-0.15, -0.1) is 0 Å². The van der Waals surface area contributed by atoms with Crippen LogP contribution in [0.2, 0.25) is 0 Å². The van der Waals surface area contributed by atoms with Crippen LogP contribution in [0.3, 0.4) is 0 Å². The minimum absolute atomic E-state index is 0.0598. The molecule has 0 unspecified atom stereocenters. The number of carbonyl (C=O) groups is 3. The Labute approximate surface area is 212 Å². The molecule has 2 atom stereocenters. The van der Waals surface area contributed by atoms with Gasteiger partial charge >= 0.3 is 5.97 Å². The summed E-state index contributed by atoms with van der Waals surface area (Å²) >= 11 is 1.07. The summed E-state index contributed by atoms with van der Waals surface area (Å²) in [5.74, 6) is -1.87. The zero-order valence-electron chi connectivity index (χ0n) is 19.7. The normalized spacial score (nSPS) is 19.0. The van der Waals surface area contributed by atoms with Crippen molar-refractivity contribution in [1.29, 1.82) is 5.26 Å². The number of benzene rings is 2. The van der Waals surface area contributed by atoms with Crippen LogP contribution in [0.15, 0.2) is 76.6 Å². The van der Waals surface area contributed by atoms with Gasteiger partial charge in [-0.05, 0) is 23.3 Å². The van der Waals surface area contributed by atoms with Gasteiger partial charge in [0.25, 0.3) is 5.91 Å². The molecule has 2 aliphatic rings. The van der Waals surface area contributed by atoms with Crippen LogP contribution in [-0.4, -0.2) is 42.2 Å². The van der Waals surface area contributed by atoms with Crippen LogP contribution >= 0.6 is 11.8 Å². The lowest BCUT2D eigenvalue weighted by molar-refractivity contribution is -0.142. The molecule has 2 aliphatic heterocycles. The average molecular weight is 505 g/mol. The van der Waals surface area contributed by atoms with E-state index in [1.807, 2.05) is 30.3 Å². The summed E-state index contributed by atoms with van der Waals surface area (Å²) in [5.41, 5.74) is 8.11. The minimum atomic E-state index is -0.843. The number of amides is 2. The lowest BCUT2D eigenvalue weighted by atomic mass is 9.82. The Bertz CT molecular complexity index is 1320. The first kappa shape index (κ1) is 24.9. The zero-order chi connectivity index (χ0) is 25.8. The van der Waals surface area contributed by atoms with Gasteiger partial charge in [-0.1, -0.05) is 54.2 Å². The molecule has 2 amide bonds. The van der Waals surface area contributed by atoms with Gasteiger partial charge in [0.05, 0.1) is 48.8 Å². The number of nitrogens with one attached hydrogen (secondary N) is 1. The Morgan fingerprint density at radius 2 is 1.92 bits per heavy atom. The molecule has 0 bridgehead atoms. The van der Waals surface area contributed by atoms with E-state index >= 15 is 0 Å². The fraction of sp³-hybridized carbons (Fsp3) is 0.231. The Hall–Kier alpha value is -4.23. The smallest absolute Gasteiger partial charge is 0.307 e. The van der Waals surface area contributed by atoms with Gasteiger partial charge in [0.1, 0.15) is 16.8 Å². The molecule has 9 nitrogen and oxygen atoms in total. The van der Waals surface area contributed by atoms with Crippen molar-refractivity contribution in [2.45, 2.75) is 24.1 Å². The molecule has 1 saturated heterocycles. The molecule has 2 aromatic rings. The molecule has 2 aromatic carbocycles. The van der Waals surface area contributed by atoms with Gasteiger partial charge in [-0.2, -0.15) is 5.26 Å². The molecule has 1 fully saturated rings. The maximum atomic E-state index is 13.7. The Kier molecular flexibility index (Phi) is 7.31. The molecule has 2 heterocycles. The van der Waals surface area contributed by atoms with E-state index in [-0.39, 0.29) is 29.9 Å². The summed E-state index contributed by atoms with van der Waals surface area (Å²) in [5, 5.41) is 12.5. The lowest BCUT2D eigenvalue weighted by Crippen LogP contribution is -2.40. The second-order valence-corrected chi connectivity index (χ2v) is 9.26. The molecular weight excluding hydrogens is 480 g/mol. The summed E-state index contributed by atoms with van der Waals surface area (Å²) in [6.45, 7) is 0.243. The number of nitrogens with two attached hydrogens (primary N) is 1. The van der Waals surface area contributed by atoms with Gasteiger partial charge in [0, 0.05) is 6.54 Å². The van der Waals surface area contributed by atoms with E-state index in [2.05, 4.69) is 11.4 Å². The van der Waals surface area contributed by atoms with Crippen LogP contribution in [0, 0.1) is 11.3 Å². The first-order valence-corrected chi connectivity index (χ1v) is 11.9. The van der Waals surface area contributed by atoms with Crippen LogP contribution in [0.4, 0.5) is 0 Å². The Morgan fingerprint density at radius 1 is 1.17 bits per heavy atom. The van der Waals surface area contributed by atoms with Gasteiger partial charge in [0.2, 0.25) is 5.91 Å². The van der Waals surface area contributed by atoms with Crippen LogP contribution in [0.25, 0.3) is 0 Å². The number of hydrogen-bond acceptors (Lipinski definition) is 8. The highest BCUT2D eigenvalue weighted by Gasteiger charge is 2.48. The highest BCUT2D eigenvalue weighted by Crippen LogP contribution is 2.50. The molecule has 0 radical (unpaired) electrons. The van der Waals surface area contributed by atoms with Crippen molar-refractivity contribution in [3.05, 3.63) is 87.7 Å². The third kappa shape index (κ3) is 4.65. The van der Waals surface area contributed by atoms with Crippen molar-refractivity contribution in [3.8, 4) is 11.8 Å². The lowest BCUT2D eigenvalue weighted by Gasteiger charge is -2.32. The van der Waals surface area contributed by atoms with Crippen LogP contribution < -0.4 is 15.8 Å². The average Bonchev–Trinajstić information content (AvgIpc) is 3.23. The SMILES string of the molecule is COC(=O)C[C@H]1SC2=C(C(=O)NCc3ccccc3)[C@@H](c3cccc(OC)c3)C(C#N)=C(N)N2C1=O. The number of methoxy groups -OCH3 is 2. The number of hydrogen-bond donors (Lipinski definition) is 2. The zero-order valence-corrected chi connectivity index (χ0v) is 20.5. The number of ether oxygens (including phenoxy) is 2. The molecule has 0 aliphatic carbocycles. The number of rotatable bonds is 7. The molecule has 4 rings (SSSR count). The maximum absolute atomic E-state index is 13.7. The minimum Gasteiger partial charge on any atom is -0.497 e. The highest BCUT2D eigenvalue weighted by atomic mass is 32.2. The van der Waals surface area contributed by atoms with Gasteiger partial charge in [0.15, 0.2) is 0 Å². The molecule has 10 heteroatoms. The molecule has 0 saturated carbocycles. The number of carbonyl (C=O) groups excluding carboxylic acids is 3. The summed E-state index contributed by atoms with van der Waals surface area (Å²) in [7, 11) is 2.76. The molecule has 0 spiro atoms. The quantitative estimate of drug-likeness (QED) is 0.549. The van der Waals surface area contributed by atoms with Crippen molar-refractivity contribution in [2.24, 2.45) is 5.73 Å². The van der Waals surface area contributed by atoms with E-state index in [1.54, 1.807) is 24.3 Å². The van der Waals surface area contributed by atoms with Gasteiger partial charge in [-0.3, -0.25) is 19.3 Å². The van der Waals surface area contributed by atoms with Gasteiger partial charge in [-0.25, -0.2) is 0 Å². The van der Waals surface area contributed by atoms with E-state index in [9.17, 15) is 19.6 Å². The summed E-state index contributed by atoms with van der Waals surface area (Å²) in [6, 6.07) is 18.5. The Balaban J connectivity index is 1.83. The molecular formula is C26H24N4O5S. The fourth-order valence-electron chi connectivity index (χ4n) is 4.17. The molecule has 3 N–H and O–H groups in total. The van der Waals surface area contributed by atoms with Crippen molar-refractivity contribution in [2.75, 3.05) is 14.2 Å². The van der Waals surface area contributed by atoms with E-state index in [0.29, 0.717) is 16.3 Å². The number of allylic oxidation sites excluding steroid dienone is 1. The number of nitrogens with zero attached hydrogens (tertiary/aromatic N) is 2. The first-order chi connectivity index (χ1) is 17.4. The topological polar surface area (TPSA) is 135 Å². The van der Waals surface area contributed by atoms with Crippen molar-refractivity contribution >= 4 is 29.5 Å². The van der Waals surface area contributed by atoms with E-state index < -0.39 is 29.0 Å². The summed E-state index contributed by atoms with van der Waals surface area (Å²) < 4.78 is 10.1. The van der Waals surface area contributed by atoms with E-state index in [4.69, 9.17) is 15.2 Å². The van der Waals surface area contributed by atoms with Crippen molar-refractivity contribution in [1.82, 2.24) is 10.2 Å². The number of esters is 1. The van der Waals surface area contributed by atoms with Crippen LogP contribution in [0.1, 0.15) is 23.5 Å².